The summed E-state index contributed by atoms with van der Waals surface area (Å²) in [6, 6.07) is 2.91. The maximum absolute atomic E-state index is 13.5. The lowest BCUT2D eigenvalue weighted by atomic mass is 10.1. The first kappa shape index (κ1) is 10.2. The van der Waals surface area contributed by atoms with Crippen molar-refractivity contribution >= 4 is 0 Å². The van der Waals surface area contributed by atoms with Gasteiger partial charge in [0, 0.05) is 12.5 Å². The summed E-state index contributed by atoms with van der Waals surface area (Å²) in [5.74, 6) is 0.631. The van der Waals surface area contributed by atoms with Gasteiger partial charge >= 0.3 is 0 Å². The van der Waals surface area contributed by atoms with E-state index in [-0.39, 0.29) is 12.2 Å². The molecule has 1 atom stereocenters. The Balaban J connectivity index is 2.32. The summed E-state index contributed by atoms with van der Waals surface area (Å²) in [5, 5.41) is 9.20. The zero-order chi connectivity index (χ0) is 10.8. The van der Waals surface area contributed by atoms with Crippen LogP contribution in [0.5, 0.6) is 11.5 Å². The van der Waals surface area contributed by atoms with E-state index >= 15 is 0 Å². The molecule has 0 aliphatic carbocycles. The molecule has 1 heterocycles. The number of halogens is 1. The third-order valence-corrected chi connectivity index (χ3v) is 2.23. The molecule has 0 bridgehead atoms. The van der Waals surface area contributed by atoms with Crippen LogP contribution >= 0.6 is 0 Å². The van der Waals surface area contributed by atoms with Crippen LogP contribution in [0.25, 0.3) is 0 Å². The Morgan fingerprint density at radius 1 is 1.33 bits per heavy atom. The van der Waals surface area contributed by atoms with Gasteiger partial charge < -0.3 is 14.6 Å². The van der Waals surface area contributed by atoms with Gasteiger partial charge in [0.25, 0.3) is 0 Å². The van der Waals surface area contributed by atoms with Crippen molar-refractivity contribution in [2.75, 3.05) is 13.2 Å². The van der Waals surface area contributed by atoms with Crippen LogP contribution in [-0.2, 0) is 6.42 Å². The van der Waals surface area contributed by atoms with Crippen molar-refractivity contribution in [3.63, 3.8) is 0 Å². The van der Waals surface area contributed by atoms with E-state index in [1.54, 1.807) is 13.0 Å². The largest absolute Gasteiger partial charge is 0.486 e. The Labute approximate surface area is 87.4 Å². The second kappa shape index (κ2) is 4.06. The van der Waals surface area contributed by atoms with Crippen molar-refractivity contribution in [1.29, 1.82) is 0 Å². The number of aliphatic hydroxyl groups is 1. The number of fused-ring (bicyclic) bond motifs is 1. The Hall–Kier alpha value is -1.29. The Kier molecular flexibility index (Phi) is 2.77. The van der Waals surface area contributed by atoms with Crippen LogP contribution in [0, 0.1) is 5.82 Å². The first-order chi connectivity index (χ1) is 7.16. The summed E-state index contributed by atoms with van der Waals surface area (Å²) in [6.07, 6.45) is -0.287. The van der Waals surface area contributed by atoms with E-state index in [9.17, 15) is 9.50 Å². The molecule has 15 heavy (non-hydrogen) atoms. The van der Waals surface area contributed by atoms with Crippen molar-refractivity contribution in [2.45, 2.75) is 19.4 Å². The molecule has 0 aromatic heterocycles. The fourth-order valence-corrected chi connectivity index (χ4v) is 1.58. The highest BCUT2D eigenvalue weighted by Gasteiger charge is 2.16. The van der Waals surface area contributed by atoms with Gasteiger partial charge in [-0.1, -0.05) is 0 Å². The molecule has 0 amide bonds. The normalized spacial score (nSPS) is 16.2. The molecule has 1 aliphatic rings. The van der Waals surface area contributed by atoms with Gasteiger partial charge in [-0.2, -0.15) is 0 Å². The van der Waals surface area contributed by atoms with Crippen LogP contribution in [0.3, 0.4) is 0 Å². The summed E-state index contributed by atoms with van der Waals surface area (Å²) in [4.78, 5) is 0. The predicted molar refractivity (Wildman–Crippen MR) is 52.8 cm³/mol. The Morgan fingerprint density at radius 3 is 2.53 bits per heavy atom. The van der Waals surface area contributed by atoms with Crippen molar-refractivity contribution in [2.24, 2.45) is 0 Å². The highest BCUT2D eigenvalue weighted by molar-refractivity contribution is 5.44. The quantitative estimate of drug-likeness (QED) is 0.807. The molecule has 4 heteroatoms. The van der Waals surface area contributed by atoms with Crippen molar-refractivity contribution in [3.05, 3.63) is 23.5 Å². The summed E-state index contributed by atoms with van der Waals surface area (Å²) < 4.78 is 24.1. The highest BCUT2D eigenvalue weighted by Crippen LogP contribution is 2.32. The second-order valence-electron chi connectivity index (χ2n) is 3.64. The van der Waals surface area contributed by atoms with Crippen molar-refractivity contribution < 1.29 is 19.0 Å². The van der Waals surface area contributed by atoms with Gasteiger partial charge in [-0.15, -0.1) is 0 Å². The predicted octanol–water partition coefficient (Wildman–Crippen LogP) is 1.52. The molecule has 3 nitrogen and oxygen atoms in total. The van der Waals surface area contributed by atoms with Gasteiger partial charge in [-0.3, -0.25) is 0 Å². The standard InChI is InChI=1S/C11H13FO3/c1-7(13)4-8-5-10-11(6-9(8)12)15-3-2-14-10/h5-7,13H,2-4H2,1H3. The molecule has 1 unspecified atom stereocenters. The SMILES string of the molecule is CC(O)Cc1cc2c(cc1F)OCCO2. The van der Waals surface area contributed by atoms with E-state index in [2.05, 4.69) is 0 Å². The van der Waals surface area contributed by atoms with Crippen LogP contribution < -0.4 is 9.47 Å². The smallest absolute Gasteiger partial charge is 0.164 e. The van der Waals surface area contributed by atoms with E-state index in [4.69, 9.17) is 9.47 Å². The Morgan fingerprint density at radius 2 is 1.93 bits per heavy atom. The molecule has 1 N–H and O–H groups in total. The highest BCUT2D eigenvalue weighted by atomic mass is 19.1. The van der Waals surface area contributed by atoms with E-state index < -0.39 is 6.10 Å². The van der Waals surface area contributed by atoms with E-state index in [1.807, 2.05) is 0 Å². The van der Waals surface area contributed by atoms with Crippen LogP contribution in [0.1, 0.15) is 12.5 Å². The molecular weight excluding hydrogens is 199 g/mol. The first-order valence-corrected chi connectivity index (χ1v) is 4.93. The summed E-state index contributed by atoms with van der Waals surface area (Å²) in [7, 11) is 0. The number of aliphatic hydroxyl groups excluding tert-OH is 1. The third kappa shape index (κ3) is 2.21. The molecule has 0 saturated carbocycles. The first-order valence-electron chi connectivity index (χ1n) is 4.93. The minimum absolute atomic E-state index is 0.280. The topological polar surface area (TPSA) is 38.7 Å². The lowest BCUT2D eigenvalue weighted by Gasteiger charge is -2.19. The zero-order valence-electron chi connectivity index (χ0n) is 8.50. The number of hydrogen-bond acceptors (Lipinski definition) is 3. The molecule has 2 rings (SSSR count). The van der Waals surface area contributed by atoms with Crippen LogP contribution in [0.4, 0.5) is 4.39 Å². The number of hydrogen-bond donors (Lipinski definition) is 1. The number of ether oxygens (including phenoxy) is 2. The van der Waals surface area contributed by atoms with Crippen LogP contribution in [0.2, 0.25) is 0 Å². The minimum atomic E-state index is -0.568. The zero-order valence-corrected chi connectivity index (χ0v) is 8.50. The molecule has 0 fully saturated rings. The lowest BCUT2D eigenvalue weighted by Crippen LogP contribution is -2.16. The van der Waals surface area contributed by atoms with Crippen LogP contribution in [-0.4, -0.2) is 24.4 Å². The summed E-state index contributed by atoms with van der Waals surface area (Å²) in [5.41, 5.74) is 0.453. The van der Waals surface area contributed by atoms with Gasteiger partial charge in [0.05, 0.1) is 6.10 Å². The number of benzene rings is 1. The fraction of sp³-hybridized carbons (Fsp3) is 0.455. The van der Waals surface area contributed by atoms with Crippen molar-refractivity contribution in [1.82, 2.24) is 0 Å². The third-order valence-electron chi connectivity index (χ3n) is 2.23. The number of rotatable bonds is 2. The maximum atomic E-state index is 13.5. The average Bonchev–Trinajstić information content (AvgIpc) is 2.18. The van der Waals surface area contributed by atoms with Crippen molar-refractivity contribution in [3.8, 4) is 11.5 Å². The molecular formula is C11H13FO3. The molecule has 0 spiro atoms. The molecule has 0 radical (unpaired) electrons. The maximum Gasteiger partial charge on any atom is 0.164 e. The van der Waals surface area contributed by atoms with Gasteiger partial charge in [-0.05, 0) is 18.6 Å². The minimum Gasteiger partial charge on any atom is -0.486 e. The van der Waals surface area contributed by atoms with E-state index in [0.717, 1.165) is 0 Å². The van der Waals surface area contributed by atoms with Gasteiger partial charge in [0.2, 0.25) is 0 Å². The molecule has 1 aromatic carbocycles. The molecule has 1 aromatic rings. The van der Waals surface area contributed by atoms with E-state index in [0.29, 0.717) is 30.3 Å². The van der Waals surface area contributed by atoms with Crippen LogP contribution in [0.15, 0.2) is 12.1 Å². The molecule has 1 aliphatic heterocycles. The molecule has 82 valence electrons. The second-order valence-corrected chi connectivity index (χ2v) is 3.64. The fourth-order valence-electron chi connectivity index (χ4n) is 1.58. The molecule has 0 saturated heterocycles. The van der Waals surface area contributed by atoms with Gasteiger partial charge in [-0.25, -0.2) is 4.39 Å². The monoisotopic (exact) mass is 212 g/mol. The average molecular weight is 212 g/mol. The Bertz CT molecular complexity index is 363. The summed E-state index contributed by atoms with van der Waals surface area (Å²) in [6.45, 7) is 2.55. The van der Waals surface area contributed by atoms with Gasteiger partial charge in [0.15, 0.2) is 11.5 Å². The lowest BCUT2D eigenvalue weighted by molar-refractivity contribution is 0.169. The summed E-state index contributed by atoms with van der Waals surface area (Å²) >= 11 is 0. The van der Waals surface area contributed by atoms with Gasteiger partial charge in [0.1, 0.15) is 19.0 Å². The van der Waals surface area contributed by atoms with E-state index in [1.165, 1.54) is 6.07 Å².